The summed E-state index contributed by atoms with van der Waals surface area (Å²) in [6, 6.07) is 56.4. The van der Waals surface area contributed by atoms with Gasteiger partial charge in [0.1, 0.15) is 0 Å². The minimum atomic E-state index is 0.646. The quantitative estimate of drug-likeness (QED) is 0.176. The molecule has 206 valence electrons. The molecule has 0 radical (unpaired) electrons. The highest BCUT2D eigenvalue weighted by atomic mass is 15.1. The Hall–Kier alpha value is -5.85. The van der Waals surface area contributed by atoms with Crippen LogP contribution in [0.1, 0.15) is 22.3 Å². The number of aryl methyl sites for hydroxylation is 1. The van der Waals surface area contributed by atoms with E-state index in [1.54, 1.807) is 0 Å². The van der Waals surface area contributed by atoms with Gasteiger partial charge in [0.05, 0.1) is 11.6 Å². The Kier molecular flexibility index (Phi) is 8.11. The fourth-order valence-corrected chi connectivity index (χ4v) is 5.09. The number of para-hydroxylation sites is 2. The predicted molar refractivity (Wildman–Crippen MR) is 181 cm³/mol. The zero-order chi connectivity index (χ0) is 29.4. The van der Waals surface area contributed by atoms with E-state index >= 15 is 0 Å². The molecule has 0 saturated heterocycles. The molecule has 3 heteroatoms. The van der Waals surface area contributed by atoms with Crippen LogP contribution in [0.5, 0.6) is 0 Å². The molecule has 0 bridgehead atoms. The van der Waals surface area contributed by atoms with Gasteiger partial charge in [0.25, 0.3) is 0 Å². The van der Waals surface area contributed by atoms with Gasteiger partial charge in [0, 0.05) is 34.1 Å². The molecular formula is C40H31N3. The van der Waals surface area contributed by atoms with E-state index in [0.29, 0.717) is 5.56 Å². The van der Waals surface area contributed by atoms with Crippen LogP contribution in [0.3, 0.4) is 0 Å². The van der Waals surface area contributed by atoms with Crippen molar-refractivity contribution in [3.63, 3.8) is 0 Å². The summed E-state index contributed by atoms with van der Waals surface area (Å²) < 4.78 is 0. The largest absolute Gasteiger partial charge is 0.311 e. The number of hydrogen-bond donors (Lipinski definition) is 0. The molecule has 0 N–H and O–H groups in total. The lowest BCUT2D eigenvalue weighted by atomic mass is 10.1. The second kappa shape index (κ2) is 12.8. The van der Waals surface area contributed by atoms with Crippen molar-refractivity contribution >= 4 is 46.3 Å². The van der Waals surface area contributed by atoms with Crippen LogP contribution in [-0.4, -0.2) is 0 Å². The zero-order valence-corrected chi connectivity index (χ0v) is 24.0. The maximum Gasteiger partial charge on any atom is 0.0991 e. The van der Waals surface area contributed by atoms with Crippen LogP contribution < -0.4 is 9.80 Å². The molecule has 3 nitrogen and oxygen atoms in total. The molecule has 0 aromatic heterocycles. The molecule has 6 rings (SSSR count). The van der Waals surface area contributed by atoms with Gasteiger partial charge in [-0.15, -0.1) is 0 Å². The molecule has 0 amide bonds. The Morgan fingerprint density at radius 2 is 0.744 bits per heavy atom. The van der Waals surface area contributed by atoms with Gasteiger partial charge in [-0.2, -0.15) is 5.26 Å². The van der Waals surface area contributed by atoms with Crippen molar-refractivity contribution in [1.82, 2.24) is 0 Å². The van der Waals surface area contributed by atoms with Crippen LogP contribution in [0.15, 0.2) is 158 Å². The lowest BCUT2D eigenvalue weighted by Gasteiger charge is -2.25. The van der Waals surface area contributed by atoms with E-state index in [1.165, 1.54) is 5.56 Å². The summed E-state index contributed by atoms with van der Waals surface area (Å²) in [5, 5.41) is 9.23. The average Bonchev–Trinajstić information content (AvgIpc) is 3.07. The summed E-state index contributed by atoms with van der Waals surface area (Å²) in [7, 11) is 0. The Labute approximate surface area is 253 Å². The van der Waals surface area contributed by atoms with Crippen LogP contribution in [-0.2, 0) is 0 Å². The molecule has 0 aliphatic rings. The molecular weight excluding hydrogens is 522 g/mol. The van der Waals surface area contributed by atoms with E-state index in [1.807, 2.05) is 48.5 Å². The third-order valence-electron chi connectivity index (χ3n) is 7.35. The van der Waals surface area contributed by atoms with Crippen LogP contribution in [0.4, 0.5) is 34.1 Å². The standard InChI is InChI=1S/C40H31N3/c1-31-12-22-37(23-13-31)42(35-8-4-2-5-9-35)38-24-16-32(17-25-38)14-15-33-18-26-39(27-19-33)43(36-10-6-3-7-11-36)40-28-20-34(30-41)21-29-40/h2-29H,1H3/b15-14+. The second-order valence-electron chi connectivity index (χ2n) is 10.4. The van der Waals surface area contributed by atoms with E-state index in [2.05, 4.69) is 144 Å². The molecule has 0 aliphatic heterocycles. The lowest BCUT2D eigenvalue weighted by Crippen LogP contribution is -2.09. The van der Waals surface area contributed by atoms with Gasteiger partial charge in [0.15, 0.2) is 0 Å². The molecule has 0 saturated carbocycles. The van der Waals surface area contributed by atoms with Crippen molar-refractivity contribution in [1.29, 1.82) is 5.26 Å². The van der Waals surface area contributed by atoms with Crippen molar-refractivity contribution in [2.24, 2.45) is 0 Å². The van der Waals surface area contributed by atoms with Crippen molar-refractivity contribution in [2.45, 2.75) is 6.92 Å². The van der Waals surface area contributed by atoms with Crippen molar-refractivity contribution in [2.75, 3.05) is 9.80 Å². The topological polar surface area (TPSA) is 30.3 Å². The van der Waals surface area contributed by atoms with E-state index < -0.39 is 0 Å². The van der Waals surface area contributed by atoms with Gasteiger partial charge < -0.3 is 9.80 Å². The van der Waals surface area contributed by atoms with Gasteiger partial charge in [0.2, 0.25) is 0 Å². The SMILES string of the molecule is Cc1ccc(N(c2ccccc2)c2ccc(/C=C/c3ccc(N(c4ccccc4)c4ccc(C#N)cc4)cc3)cc2)cc1. The zero-order valence-electron chi connectivity index (χ0n) is 24.0. The molecule has 6 aromatic carbocycles. The van der Waals surface area contributed by atoms with Crippen LogP contribution >= 0.6 is 0 Å². The number of rotatable bonds is 8. The monoisotopic (exact) mass is 553 g/mol. The Morgan fingerprint density at radius 3 is 1.12 bits per heavy atom. The van der Waals surface area contributed by atoms with E-state index in [0.717, 1.165) is 45.3 Å². The first-order valence-electron chi connectivity index (χ1n) is 14.3. The van der Waals surface area contributed by atoms with Gasteiger partial charge in [-0.05, 0) is 103 Å². The Morgan fingerprint density at radius 1 is 0.419 bits per heavy atom. The molecule has 43 heavy (non-hydrogen) atoms. The van der Waals surface area contributed by atoms with Gasteiger partial charge in [-0.1, -0.05) is 90.5 Å². The van der Waals surface area contributed by atoms with Crippen LogP contribution in [0.25, 0.3) is 12.2 Å². The summed E-state index contributed by atoms with van der Waals surface area (Å²) >= 11 is 0. The summed E-state index contributed by atoms with van der Waals surface area (Å²) in [6.07, 6.45) is 4.29. The molecule has 6 aromatic rings. The van der Waals surface area contributed by atoms with Crippen LogP contribution in [0, 0.1) is 18.3 Å². The first kappa shape index (κ1) is 27.3. The second-order valence-corrected chi connectivity index (χ2v) is 10.4. The first-order valence-corrected chi connectivity index (χ1v) is 14.3. The molecule has 0 aliphatic carbocycles. The average molecular weight is 554 g/mol. The van der Waals surface area contributed by atoms with Gasteiger partial charge >= 0.3 is 0 Å². The fourth-order valence-electron chi connectivity index (χ4n) is 5.09. The summed E-state index contributed by atoms with van der Waals surface area (Å²) in [4.78, 5) is 4.47. The van der Waals surface area contributed by atoms with Gasteiger partial charge in [-0.3, -0.25) is 0 Å². The molecule has 0 atom stereocenters. The number of benzene rings is 6. The maximum atomic E-state index is 9.23. The fraction of sp³-hybridized carbons (Fsp3) is 0.0250. The van der Waals surface area contributed by atoms with E-state index in [9.17, 15) is 5.26 Å². The molecule has 0 heterocycles. The number of nitrogens with zero attached hydrogens (tertiary/aromatic N) is 3. The summed E-state index contributed by atoms with van der Waals surface area (Å²) in [5.41, 5.74) is 10.6. The number of anilines is 6. The maximum absolute atomic E-state index is 9.23. The number of nitriles is 1. The third-order valence-corrected chi connectivity index (χ3v) is 7.35. The van der Waals surface area contributed by atoms with E-state index in [-0.39, 0.29) is 0 Å². The Bertz CT molecular complexity index is 1830. The molecule has 0 fully saturated rings. The molecule has 0 spiro atoms. The third kappa shape index (κ3) is 6.40. The van der Waals surface area contributed by atoms with Crippen molar-refractivity contribution < 1.29 is 0 Å². The smallest absolute Gasteiger partial charge is 0.0991 e. The van der Waals surface area contributed by atoms with Crippen LogP contribution in [0.2, 0.25) is 0 Å². The predicted octanol–water partition coefficient (Wildman–Crippen LogP) is 11.0. The number of hydrogen-bond acceptors (Lipinski definition) is 3. The summed E-state index contributed by atoms with van der Waals surface area (Å²) in [6.45, 7) is 2.11. The molecule has 0 unspecified atom stereocenters. The Balaban J connectivity index is 1.23. The highest BCUT2D eigenvalue weighted by molar-refractivity contribution is 5.80. The van der Waals surface area contributed by atoms with E-state index in [4.69, 9.17) is 0 Å². The lowest BCUT2D eigenvalue weighted by molar-refractivity contribution is 1.27. The first-order chi connectivity index (χ1) is 21.2. The minimum Gasteiger partial charge on any atom is -0.311 e. The van der Waals surface area contributed by atoms with Gasteiger partial charge in [-0.25, -0.2) is 0 Å². The normalized spacial score (nSPS) is 10.8. The minimum absolute atomic E-state index is 0.646. The summed E-state index contributed by atoms with van der Waals surface area (Å²) in [5.74, 6) is 0. The highest BCUT2D eigenvalue weighted by Crippen LogP contribution is 2.36. The van der Waals surface area contributed by atoms with Crippen molar-refractivity contribution in [3.8, 4) is 6.07 Å². The highest BCUT2D eigenvalue weighted by Gasteiger charge is 2.13. The van der Waals surface area contributed by atoms with Crippen molar-refractivity contribution in [3.05, 3.63) is 180 Å².